The summed E-state index contributed by atoms with van der Waals surface area (Å²) in [6.45, 7) is 2.21. The fourth-order valence-corrected chi connectivity index (χ4v) is 2.43. The quantitative estimate of drug-likeness (QED) is 0.482. The highest BCUT2D eigenvalue weighted by Gasteiger charge is 2.03. The van der Waals surface area contributed by atoms with Gasteiger partial charge in [-0.25, -0.2) is 4.98 Å². The van der Waals surface area contributed by atoms with E-state index in [1.165, 1.54) is 17.8 Å². The number of aryl methyl sites for hydroxylation is 1. The SMILES string of the molecule is Cc1cc(=O)[nH]c(SCCOc2ccccc2CO)n1. The highest BCUT2D eigenvalue weighted by molar-refractivity contribution is 7.99. The second kappa shape index (κ2) is 7.12. The molecule has 2 N–H and O–H groups in total. The van der Waals surface area contributed by atoms with Gasteiger partial charge in [-0.05, 0) is 13.0 Å². The fourth-order valence-electron chi connectivity index (χ4n) is 1.69. The van der Waals surface area contributed by atoms with Gasteiger partial charge in [0.25, 0.3) is 5.56 Å². The number of ether oxygens (including phenoxy) is 1. The standard InChI is InChI=1S/C14H16N2O3S/c1-10-8-13(18)16-14(15-10)20-7-6-19-12-5-3-2-4-11(12)9-17/h2-5,8,17H,6-7,9H2,1H3,(H,15,16,18). The van der Waals surface area contributed by atoms with Gasteiger partial charge in [-0.3, -0.25) is 4.79 Å². The van der Waals surface area contributed by atoms with Crippen molar-refractivity contribution < 1.29 is 9.84 Å². The summed E-state index contributed by atoms with van der Waals surface area (Å²) in [5, 5.41) is 9.77. The van der Waals surface area contributed by atoms with E-state index in [1.54, 1.807) is 6.92 Å². The van der Waals surface area contributed by atoms with Gasteiger partial charge in [0.2, 0.25) is 0 Å². The van der Waals surface area contributed by atoms with Crippen molar-refractivity contribution in [3.63, 3.8) is 0 Å². The Hall–Kier alpha value is -1.79. The van der Waals surface area contributed by atoms with Gasteiger partial charge in [0, 0.05) is 23.1 Å². The van der Waals surface area contributed by atoms with Gasteiger partial charge in [-0.1, -0.05) is 30.0 Å². The van der Waals surface area contributed by atoms with Crippen LogP contribution in [0.4, 0.5) is 0 Å². The van der Waals surface area contributed by atoms with Crippen LogP contribution < -0.4 is 10.3 Å². The molecule has 0 saturated heterocycles. The van der Waals surface area contributed by atoms with Crippen LogP contribution in [0.25, 0.3) is 0 Å². The second-order valence-corrected chi connectivity index (χ2v) is 5.24. The molecule has 0 bridgehead atoms. The third-order valence-electron chi connectivity index (χ3n) is 2.57. The largest absolute Gasteiger partial charge is 0.492 e. The van der Waals surface area contributed by atoms with Crippen molar-refractivity contribution in [1.82, 2.24) is 9.97 Å². The molecule has 0 spiro atoms. The van der Waals surface area contributed by atoms with Crippen LogP contribution in [0, 0.1) is 6.92 Å². The number of rotatable bonds is 6. The smallest absolute Gasteiger partial charge is 0.251 e. The van der Waals surface area contributed by atoms with Gasteiger partial charge in [0.05, 0.1) is 13.2 Å². The van der Waals surface area contributed by atoms with Crippen molar-refractivity contribution >= 4 is 11.8 Å². The molecule has 0 aliphatic heterocycles. The third-order valence-corrected chi connectivity index (χ3v) is 3.41. The summed E-state index contributed by atoms with van der Waals surface area (Å²) in [5.74, 6) is 1.34. The number of hydrogen-bond acceptors (Lipinski definition) is 5. The van der Waals surface area contributed by atoms with E-state index in [0.29, 0.717) is 29.0 Å². The van der Waals surface area contributed by atoms with Gasteiger partial charge >= 0.3 is 0 Å². The molecular formula is C14H16N2O3S. The first kappa shape index (κ1) is 14.6. The molecule has 0 atom stereocenters. The van der Waals surface area contributed by atoms with Gasteiger partial charge in [0.15, 0.2) is 5.16 Å². The number of aliphatic hydroxyl groups is 1. The van der Waals surface area contributed by atoms with Gasteiger partial charge in [0.1, 0.15) is 5.75 Å². The van der Waals surface area contributed by atoms with Crippen LogP contribution in [0.1, 0.15) is 11.3 Å². The summed E-state index contributed by atoms with van der Waals surface area (Å²) >= 11 is 1.43. The number of benzene rings is 1. The Bertz CT molecular complexity index is 628. The van der Waals surface area contributed by atoms with E-state index < -0.39 is 0 Å². The Morgan fingerprint density at radius 3 is 2.95 bits per heavy atom. The molecule has 2 rings (SSSR count). The van der Waals surface area contributed by atoms with E-state index in [9.17, 15) is 9.90 Å². The molecule has 0 fully saturated rings. The van der Waals surface area contributed by atoms with Crippen molar-refractivity contribution in [3.05, 3.63) is 51.9 Å². The van der Waals surface area contributed by atoms with E-state index in [2.05, 4.69) is 9.97 Å². The average Bonchev–Trinajstić information content (AvgIpc) is 2.43. The summed E-state index contributed by atoms with van der Waals surface area (Å²) < 4.78 is 5.61. The number of nitrogens with zero attached hydrogens (tertiary/aromatic N) is 1. The van der Waals surface area contributed by atoms with Crippen molar-refractivity contribution in [2.75, 3.05) is 12.4 Å². The number of nitrogens with one attached hydrogen (secondary N) is 1. The van der Waals surface area contributed by atoms with Crippen LogP contribution in [0.2, 0.25) is 0 Å². The molecule has 1 aromatic carbocycles. The van der Waals surface area contributed by atoms with Crippen LogP contribution in [0.3, 0.4) is 0 Å². The van der Waals surface area contributed by atoms with Crippen LogP contribution in [0.5, 0.6) is 5.75 Å². The average molecular weight is 292 g/mol. The molecule has 0 amide bonds. The molecule has 6 heteroatoms. The van der Waals surface area contributed by atoms with Crippen LogP contribution in [0.15, 0.2) is 40.3 Å². The van der Waals surface area contributed by atoms with E-state index in [-0.39, 0.29) is 12.2 Å². The molecule has 1 heterocycles. The number of aromatic amines is 1. The maximum atomic E-state index is 11.3. The minimum absolute atomic E-state index is 0.0456. The summed E-state index contributed by atoms with van der Waals surface area (Å²) in [6.07, 6.45) is 0. The Balaban J connectivity index is 1.86. The molecule has 0 unspecified atom stereocenters. The molecule has 5 nitrogen and oxygen atoms in total. The van der Waals surface area contributed by atoms with Crippen molar-refractivity contribution in [3.8, 4) is 5.75 Å². The molecule has 0 saturated carbocycles. The normalized spacial score (nSPS) is 10.5. The van der Waals surface area contributed by atoms with Crippen LogP contribution in [-0.4, -0.2) is 27.4 Å². The first-order valence-corrected chi connectivity index (χ1v) is 7.20. The lowest BCUT2D eigenvalue weighted by molar-refractivity contribution is 0.267. The summed E-state index contributed by atoms with van der Waals surface area (Å²) in [7, 11) is 0. The maximum absolute atomic E-state index is 11.3. The molecule has 106 valence electrons. The van der Waals surface area contributed by atoms with E-state index >= 15 is 0 Å². The lowest BCUT2D eigenvalue weighted by Gasteiger charge is -2.09. The zero-order valence-electron chi connectivity index (χ0n) is 11.1. The Morgan fingerprint density at radius 1 is 1.40 bits per heavy atom. The van der Waals surface area contributed by atoms with Crippen LogP contribution in [-0.2, 0) is 6.61 Å². The third kappa shape index (κ3) is 4.11. The molecule has 20 heavy (non-hydrogen) atoms. The first-order valence-electron chi connectivity index (χ1n) is 6.21. The Morgan fingerprint density at radius 2 is 2.20 bits per heavy atom. The monoisotopic (exact) mass is 292 g/mol. The lowest BCUT2D eigenvalue weighted by atomic mass is 10.2. The number of aromatic nitrogens is 2. The summed E-state index contributed by atoms with van der Waals surface area (Å²) in [4.78, 5) is 18.2. The van der Waals surface area contributed by atoms with Gasteiger partial charge in [-0.15, -0.1) is 0 Å². The predicted molar refractivity (Wildman–Crippen MR) is 78.2 cm³/mol. The van der Waals surface area contributed by atoms with Crippen molar-refractivity contribution in [1.29, 1.82) is 0 Å². The number of para-hydroxylation sites is 1. The van der Waals surface area contributed by atoms with Crippen LogP contribution >= 0.6 is 11.8 Å². The first-order chi connectivity index (χ1) is 9.69. The van der Waals surface area contributed by atoms with Gasteiger partial charge in [-0.2, -0.15) is 0 Å². The zero-order valence-corrected chi connectivity index (χ0v) is 11.9. The lowest BCUT2D eigenvalue weighted by Crippen LogP contribution is -2.09. The minimum Gasteiger partial charge on any atom is -0.492 e. The summed E-state index contributed by atoms with van der Waals surface area (Å²) in [6, 6.07) is 8.82. The summed E-state index contributed by atoms with van der Waals surface area (Å²) in [5.41, 5.74) is 1.31. The highest BCUT2D eigenvalue weighted by Crippen LogP contribution is 2.18. The Labute approximate surface area is 121 Å². The van der Waals surface area contributed by atoms with Crippen molar-refractivity contribution in [2.45, 2.75) is 18.7 Å². The number of aliphatic hydroxyl groups excluding tert-OH is 1. The molecule has 0 aliphatic rings. The molecule has 1 aromatic heterocycles. The zero-order chi connectivity index (χ0) is 14.4. The number of thioether (sulfide) groups is 1. The number of H-pyrrole nitrogens is 1. The molecular weight excluding hydrogens is 276 g/mol. The fraction of sp³-hybridized carbons (Fsp3) is 0.286. The van der Waals surface area contributed by atoms with Crippen molar-refractivity contribution in [2.24, 2.45) is 0 Å². The molecule has 2 aromatic rings. The highest BCUT2D eigenvalue weighted by atomic mass is 32.2. The molecule has 0 radical (unpaired) electrons. The van der Waals surface area contributed by atoms with E-state index in [1.807, 2.05) is 24.3 Å². The van der Waals surface area contributed by atoms with Gasteiger partial charge < -0.3 is 14.8 Å². The maximum Gasteiger partial charge on any atom is 0.251 e. The predicted octanol–water partition coefficient (Wildman–Crippen LogP) is 1.74. The van der Waals surface area contributed by atoms with E-state index in [4.69, 9.17) is 4.74 Å². The number of hydrogen-bond donors (Lipinski definition) is 2. The minimum atomic E-state index is -0.147. The van der Waals surface area contributed by atoms with E-state index in [0.717, 1.165) is 5.56 Å². The topological polar surface area (TPSA) is 75.2 Å². The second-order valence-electron chi connectivity index (χ2n) is 4.15. The molecule has 0 aliphatic carbocycles. The Kier molecular flexibility index (Phi) is 5.20.